The van der Waals surface area contributed by atoms with Crippen LogP contribution in [-0.2, 0) is 0 Å². The summed E-state index contributed by atoms with van der Waals surface area (Å²) in [5.74, 6) is -0.0648. The smallest absolute Gasteiger partial charge is 0.205 e. The van der Waals surface area contributed by atoms with Crippen molar-refractivity contribution in [3.63, 3.8) is 0 Å². The Hall–Kier alpha value is -2.36. The molecule has 0 aliphatic heterocycles. The molecule has 92 valence electrons. The molecule has 0 unspecified atom stereocenters. The highest BCUT2D eigenvalue weighted by Gasteiger charge is 2.10. The molecular weight excluding hydrogens is 226 g/mol. The molecule has 0 fully saturated rings. The first-order chi connectivity index (χ1) is 8.68. The first-order valence-electron chi connectivity index (χ1n) is 5.67. The monoisotopic (exact) mass is 241 g/mol. The van der Waals surface area contributed by atoms with Gasteiger partial charge in [-0.1, -0.05) is 18.2 Å². The molecule has 1 heterocycles. The summed E-state index contributed by atoms with van der Waals surface area (Å²) >= 11 is 0. The van der Waals surface area contributed by atoms with Crippen molar-refractivity contribution in [1.29, 1.82) is 0 Å². The molecule has 4 nitrogen and oxygen atoms in total. The topological polar surface area (TPSA) is 38.1 Å². The van der Waals surface area contributed by atoms with Crippen molar-refractivity contribution in [2.45, 2.75) is 0 Å². The number of ketones is 1. The van der Waals surface area contributed by atoms with Crippen LogP contribution in [0, 0.1) is 0 Å². The maximum absolute atomic E-state index is 12.0. The third kappa shape index (κ3) is 2.66. The van der Waals surface area contributed by atoms with E-state index in [1.165, 1.54) is 6.08 Å². The van der Waals surface area contributed by atoms with Gasteiger partial charge in [-0.2, -0.15) is 5.10 Å². The van der Waals surface area contributed by atoms with E-state index in [1.807, 2.05) is 49.3 Å². The quantitative estimate of drug-likeness (QED) is 0.608. The minimum absolute atomic E-state index is 0.0648. The summed E-state index contributed by atoms with van der Waals surface area (Å²) in [5.41, 5.74) is 1.43. The van der Waals surface area contributed by atoms with Gasteiger partial charge in [0, 0.05) is 26.4 Å². The summed E-state index contributed by atoms with van der Waals surface area (Å²) in [4.78, 5) is 13.9. The fourth-order valence-corrected chi connectivity index (χ4v) is 1.57. The van der Waals surface area contributed by atoms with E-state index in [0.717, 1.165) is 5.69 Å². The number of aromatic nitrogens is 2. The highest BCUT2D eigenvalue weighted by molar-refractivity contribution is 6.03. The summed E-state index contributed by atoms with van der Waals surface area (Å²) in [6.07, 6.45) is 4.89. The first-order valence-corrected chi connectivity index (χ1v) is 5.67. The molecule has 0 saturated carbocycles. The van der Waals surface area contributed by atoms with Crippen molar-refractivity contribution in [2.75, 3.05) is 14.1 Å². The van der Waals surface area contributed by atoms with Gasteiger partial charge in [-0.05, 0) is 18.2 Å². The summed E-state index contributed by atoms with van der Waals surface area (Å²) in [5, 5.41) is 4.18. The Kier molecular flexibility index (Phi) is 3.57. The molecule has 1 aromatic carbocycles. The Morgan fingerprint density at radius 3 is 2.61 bits per heavy atom. The molecular formula is C14H15N3O. The third-order valence-corrected chi connectivity index (χ3v) is 2.42. The van der Waals surface area contributed by atoms with Gasteiger partial charge < -0.3 is 4.90 Å². The lowest BCUT2D eigenvalue weighted by atomic mass is 10.2. The van der Waals surface area contributed by atoms with Crippen LogP contribution in [0.5, 0.6) is 0 Å². The van der Waals surface area contributed by atoms with E-state index in [0.29, 0.717) is 5.69 Å². The van der Waals surface area contributed by atoms with Crippen LogP contribution in [0.1, 0.15) is 10.5 Å². The number of benzene rings is 1. The maximum Gasteiger partial charge on any atom is 0.205 e. The van der Waals surface area contributed by atoms with Crippen LogP contribution in [0.2, 0.25) is 0 Å². The zero-order valence-corrected chi connectivity index (χ0v) is 10.4. The third-order valence-electron chi connectivity index (χ3n) is 2.42. The van der Waals surface area contributed by atoms with E-state index in [2.05, 4.69) is 5.10 Å². The number of rotatable bonds is 4. The van der Waals surface area contributed by atoms with Gasteiger partial charge in [0.1, 0.15) is 5.69 Å². The van der Waals surface area contributed by atoms with E-state index in [9.17, 15) is 4.79 Å². The van der Waals surface area contributed by atoms with Crippen molar-refractivity contribution in [3.8, 4) is 5.69 Å². The zero-order valence-electron chi connectivity index (χ0n) is 10.4. The van der Waals surface area contributed by atoms with Crippen LogP contribution in [0.15, 0.2) is 54.9 Å². The predicted molar refractivity (Wildman–Crippen MR) is 70.7 cm³/mol. The number of allylic oxidation sites excluding steroid dienone is 1. The minimum Gasteiger partial charge on any atom is -0.383 e. The lowest BCUT2D eigenvalue weighted by Crippen LogP contribution is -2.08. The molecule has 0 aliphatic rings. The van der Waals surface area contributed by atoms with Gasteiger partial charge in [0.25, 0.3) is 0 Å². The number of para-hydroxylation sites is 1. The molecule has 2 rings (SSSR count). The van der Waals surface area contributed by atoms with Crippen LogP contribution in [0.25, 0.3) is 5.69 Å². The second kappa shape index (κ2) is 5.31. The van der Waals surface area contributed by atoms with Gasteiger partial charge in [-0.3, -0.25) is 4.79 Å². The maximum atomic E-state index is 12.0. The SMILES string of the molecule is CN(C)C=CC(=O)c1ccnn1-c1ccccc1. The van der Waals surface area contributed by atoms with Crippen LogP contribution in [0.3, 0.4) is 0 Å². The Morgan fingerprint density at radius 1 is 1.22 bits per heavy atom. The van der Waals surface area contributed by atoms with E-state index in [1.54, 1.807) is 23.1 Å². The second-order valence-electron chi connectivity index (χ2n) is 4.11. The molecule has 18 heavy (non-hydrogen) atoms. The van der Waals surface area contributed by atoms with Crippen LogP contribution in [0.4, 0.5) is 0 Å². The Balaban J connectivity index is 2.31. The fourth-order valence-electron chi connectivity index (χ4n) is 1.57. The molecule has 0 radical (unpaired) electrons. The van der Waals surface area contributed by atoms with Crippen molar-refractivity contribution in [3.05, 3.63) is 60.6 Å². The molecule has 0 atom stereocenters. The van der Waals surface area contributed by atoms with E-state index >= 15 is 0 Å². The zero-order chi connectivity index (χ0) is 13.0. The lowest BCUT2D eigenvalue weighted by molar-refractivity contribution is 0.103. The standard InChI is InChI=1S/C14H15N3O/c1-16(2)11-9-14(18)13-8-10-15-17(13)12-6-4-3-5-7-12/h3-11H,1-2H3. The van der Waals surface area contributed by atoms with Gasteiger partial charge >= 0.3 is 0 Å². The molecule has 0 bridgehead atoms. The number of hydrogen-bond donors (Lipinski definition) is 0. The van der Waals surface area contributed by atoms with Gasteiger partial charge in [-0.25, -0.2) is 4.68 Å². The summed E-state index contributed by atoms with van der Waals surface area (Å²) in [7, 11) is 3.75. The molecule has 0 saturated heterocycles. The molecule has 0 spiro atoms. The second-order valence-corrected chi connectivity index (χ2v) is 4.11. The van der Waals surface area contributed by atoms with Crippen molar-refractivity contribution in [2.24, 2.45) is 0 Å². The fraction of sp³-hybridized carbons (Fsp3) is 0.143. The summed E-state index contributed by atoms with van der Waals surface area (Å²) in [6.45, 7) is 0. The molecule has 0 aliphatic carbocycles. The molecule has 1 aromatic heterocycles. The Labute approximate surface area is 106 Å². The molecule has 0 N–H and O–H groups in total. The Bertz CT molecular complexity index is 555. The Morgan fingerprint density at radius 2 is 1.94 bits per heavy atom. The number of nitrogens with zero attached hydrogens (tertiary/aromatic N) is 3. The van der Waals surface area contributed by atoms with E-state index in [4.69, 9.17) is 0 Å². The van der Waals surface area contributed by atoms with Crippen molar-refractivity contribution in [1.82, 2.24) is 14.7 Å². The highest BCUT2D eigenvalue weighted by atomic mass is 16.1. The summed E-state index contributed by atoms with van der Waals surface area (Å²) in [6, 6.07) is 11.3. The van der Waals surface area contributed by atoms with Gasteiger partial charge in [-0.15, -0.1) is 0 Å². The molecule has 4 heteroatoms. The van der Waals surface area contributed by atoms with Crippen LogP contribution < -0.4 is 0 Å². The van der Waals surface area contributed by atoms with E-state index in [-0.39, 0.29) is 5.78 Å². The van der Waals surface area contributed by atoms with Crippen molar-refractivity contribution < 1.29 is 4.79 Å². The predicted octanol–water partition coefficient (Wildman–Crippen LogP) is 2.13. The van der Waals surface area contributed by atoms with Crippen LogP contribution >= 0.6 is 0 Å². The number of hydrogen-bond acceptors (Lipinski definition) is 3. The average molecular weight is 241 g/mol. The number of carbonyl (C=O) groups excluding carboxylic acids is 1. The van der Waals surface area contributed by atoms with Gasteiger partial charge in [0.2, 0.25) is 5.78 Å². The largest absolute Gasteiger partial charge is 0.383 e. The van der Waals surface area contributed by atoms with Crippen molar-refractivity contribution >= 4 is 5.78 Å². The van der Waals surface area contributed by atoms with Crippen LogP contribution in [-0.4, -0.2) is 34.6 Å². The summed E-state index contributed by atoms with van der Waals surface area (Å²) < 4.78 is 1.64. The van der Waals surface area contributed by atoms with Gasteiger partial charge in [0.15, 0.2) is 0 Å². The molecule has 0 amide bonds. The highest BCUT2D eigenvalue weighted by Crippen LogP contribution is 2.10. The number of carbonyl (C=O) groups is 1. The molecule has 2 aromatic rings. The van der Waals surface area contributed by atoms with E-state index < -0.39 is 0 Å². The lowest BCUT2D eigenvalue weighted by Gasteiger charge is -2.06. The van der Waals surface area contributed by atoms with Gasteiger partial charge in [0.05, 0.1) is 11.9 Å². The average Bonchev–Trinajstić information content (AvgIpc) is 2.86. The normalized spacial score (nSPS) is 10.8. The first kappa shape index (κ1) is 12.1. The minimum atomic E-state index is -0.0648.